The number of benzene rings is 2. The van der Waals surface area contributed by atoms with Crippen LogP contribution in [0, 0.1) is 0 Å². The van der Waals surface area contributed by atoms with Gasteiger partial charge in [-0.05, 0) is 55.5 Å². The number of hydrogen-bond acceptors (Lipinski definition) is 6. The highest BCUT2D eigenvalue weighted by Gasteiger charge is 2.09. The number of carbonyl (C=O) groups is 3. The van der Waals surface area contributed by atoms with E-state index in [1.165, 1.54) is 13.0 Å². The average Bonchev–Trinajstić information content (AvgIpc) is 2.83. The molecule has 0 saturated carbocycles. The lowest BCUT2D eigenvalue weighted by Gasteiger charge is -2.12. The molecular weight excluding hydrogens is 434 g/mol. The predicted octanol–water partition coefficient (Wildman–Crippen LogP) is 4.38. The highest BCUT2D eigenvalue weighted by molar-refractivity contribution is 5.98. The summed E-state index contributed by atoms with van der Waals surface area (Å²) in [6.07, 6.45) is 5.39. The third-order valence-corrected chi connectivity index (χ3v) is 4.78. The van der Waals surface area contributed by atoms with Crippen LogP contribution in [0.25, 0.3) is 6.08 Å². The Kier molecular flexibility index (Phi) is 11.4. The largest absolute Gasteiger partial charge is 0.490 e. The van der Waals surface area contributed by atoms with Gasteiger partial charge in [-0.25, -0.2) is 4.79 Å². The molecule has 1 amide bonds. The summed E-state index contributed by atoms with van der Waals surface area (Å²) in [6, 6.07) is 12.6. The second-order valence-corrected chi connectivity index (χ2v) is 7.64. The lowest BCUT2D eigenvalue weighted by molar-refractivity contribution is -0.136. The van der Waals surface area contributed by atoms with Gasteiger partial charge in [-0.1, -0.05) is 37.3 Å². The van der Waals surface area contributed by atoms with E-state index in [0.717, 1.165) is 30.4 Å². The van der Waals surface area contributed by atoms with Gasteiger partial charge in [0.25, 0.3) is 0 Å². The van der Waals surface area contributed by atoms with Crippen molar-refractivity contribution in [1.29, 1.82) is 0 Å². The van der Waals surface area contributed by atoms with Crippen LogP contribution in [-0.4, -0.2) is 44.0 Å². The predicted molar refractivity (Wildman–Crippen MR) is 131 cm³/mol. The molecule has 0 saturated heterocycles. The summed E-state index contributed by atoms with van der Waals surface area (Å²) < 4.78 is 16.4. The maximum Gasteiger partial charge on any atom is 0.331 e. The van der Waals surface area contributed by atoms with Crippen LogP contribution < -0.4 is 14.8 Å². The van der Waals surface area contributed by atoms with E-state index in [2.05, 4.69) is 5.32 Å². The van der Waals surface area contributed by atoms with Gasteiger partial charge in [-0.2, -0.15) is 0 Å². The SMILES string of the molecule is CCCOc1ccc(/C=C/C(=O)OCC(=O)c2ccc(CCCNC(C)=O)cc2)cc1OCC. The molecular formula is C27H33NO6. The van der Waals surface area contributed by atoms with E-state index >= 15 is 0 Å². The van der Waals surface area contributed by atoms with Crippen molar-refractivity contribution in [2.45, 2.75) is 40.0 Å². The molecule has 0 heterocycles. The van der Waals surface area contributed by atoms with Crippen LogP contribution in [0.5, 0.6) is 11.5 Å². The van der Waals surface area contributed by atoms with Crippen LogP contribution in [0.2, 0.25) is 0 Å². The summed E-state index contributed by atoms with van der Waals surface area (Å²) in [5.41, 5.74) is 2.30. The number of aryl methyl sites for hydroxylation is 1. The van der Waals surface area contributed by atoms with Gasteiger partial charge >= 0.3 is 5.97 Å². The monoisotopic (exact) mass is 467 g/mol. The van der Waals surface area contributed by atoms with Gasteiger partial charge in [0.15, 0.2) is 23.9 Å². The number of ketones is 1. The molecule has 0 bridgehead atoms. The molecule has 0 aliphatic rings. The van der Waals surface area contributed by atoms with Crippen LogP contribution in [0.4, 0.5) is 0 Å². The van der Waals surface area contributed by atoms with E-state index in [0.29, 0.717) is 36.8 Å². The Morgan fingerprint density at radius 3 is 2.41 bits per heavy atom. The Balaban J connectivity index is 1.84. The summed E-state index contributed by atoms with van der Waals surface area (Å²) in [6.45, 7) is 6.78. The van der Waals surface area contributed by atoms with Crippen LogP contribution in [0.3, 0.4) is 0 Å². The van der Waals surface area contributed by atoms with Crippen LogP contribution in [0.15, 0.2) is 48.5 Å². The van der Waals surface area contributed by atoms with E-state index < -0.39 is 5.97 Å². The van der Waals surface area contributed by atoms with Gasteiger partial charge in [0.05, 0.1) is 13.2 Å². The molecule has 0 radical (unpaired) electrons. The van der Waals surface area contributed by atoms with E-state index in [9.17, 15) is 14.4 Å². The number of esters is 1. The lowest BCUT2D eigenvalue weighted by atomic mass is 10.1. The molecule has 0 fully saturated rings. The van der Waals surface area contributed by atoms with Gasteiger partial charge in [0.1, 0.15) is 0 Å². The standard InChI is InChI=1S/C27H33NO6/c1-4-17-33-25-14-10-22(18-26(25)32-5-2)11-15-27(31)34-19-24(30)23-12-8-21(9-13-23)7-6-16-28-20(3)29/h8-15,18H,4-7,16-17,19H2,1-3H3,(H,28,29)/b15-11+. The zero-order valence-corrected chi connectivity index (χ0v) is 20.1. The smallest absolute Gasteiger partial charge is 0.331 e. The van der Waals surface area contributed by atoms with Crippen LogP contribution >= 0.6 is 0 Å². The molecule has 0 spiro atoms. The second kappa shape index (κ2) is 14.5. The zero-order chi connectivity index (χ0) is 24.8. The van der Waals surface area contributed by atoms with Gasteiger partial charge in [0.2, 0.25) is 5.91 Å². The molecule has 0 aliphatic heterocycles. The average molecular weight is 468 g/mol. The molecule has 2 aromatic rings. The fourth-order valence-electron chi connectivity index (χ4n) is 3.07. The van der Waals surface area contributed by atoms with Crippen LogP contribution in [-0.2, 0) is 20.7 Å². The number of rotatable bonds is 14. The minimum Gasteiger partial charge on any atom is -0.490 e. The van der Waals surface area contributed by atoms with Crippen molar-refractivity contribution < 1.29 is 28.6 Å². The van der Waals surface area contributed by atoms with Crippen molar-refractivity contribution in [3.8, 4) is 11.5 Å². The highest BCUT2D eigenvalue weighted by Crippen LogP contribution is 2.29. The van der Waals surface area contributed by atoms with Gasteiger partial charge < -0.3 is 19.5 Å². The van der Waals surface area contributed by atoms with E-state index in [1.807, 2.05) is 32.0 Å². The number of hydrogen-bond donors (Lipinski definition) is 1. The quantitative estimate of drug-likeness (QED) is 0.192. The Labute approximate surface area is 201 Å². The zero-order valence-electron chi connectivity index (χ0n) is 20.1. The fourth-order valence-corrected chi connectivity index (χ4v) is 3.07. The molecule has 0 unspecified atom stereocenters. The van der Waals surface area contributed by atoms with E-state index in [1.54, 1.807) is 30.3 Å². The van der Waals surface area contributed by atoms with Gasteiger partial charge in [-0.3, -0.25) is 9.59 Å². The minimum atomic E-state index is -0.604. The minimum absolute atomic E-state index is 0.0458. The van der Waals surface area contributed by atoms with Gasteiger partial charge in [0, 0.05) is 25.1 Å². The third kappa shape index (κ3) is 9.48. The van der Waals surface area contributed by atoms with Gasteiger partial charge in [-0.15, -0.1) is 0 Å². The number of amides is 1. The topological polar surface area (TPSA) is 90.9 Å². The molecule has 182 valence electrons. The Bertz CT molecular complexity index is 981. The molecule has 2 aromatic carbocycles. The molecule has 7 nitrogen and oxygen atoms in total. The van der Waals surface area contributed by atoms with Crippen molar-refractivity contribution in [2.24, 2.45) is 0 Å². The van der Waals surface area contributed by atoms with Crippen molar-refractivity contribution in [3.63, 3.8) is 0 Å². The Morgan fingerprint density at radius 1 is 0.971 bits per heavy atom. The Hall–Kier alpha value is -3.61. The Morgan fingerprint density at radius 2 is 1.74 bits per heavy atom. The summed E-state index contributed by atoms with van der Waals surface area (Å²) in [7, 11) is 0. The summed E-state index contributed by atoms with van der Waals surface area (Å²) in [5.74, 6) is 0.346. The number of ether oxygens (including phenoxy) is 3. The third-order valence-electron chi connectivity index (χ3n) is 4.78. The fraction of sp³-hybridized carbons (Fsp3) is 0.370. The maximum atomic E-state index is 12.3. The molecule has 2 rings (SSSR count). The lowest BCUT2D eigenvalue weighted by Crippen LogP contribution is -2.21. The summed E-state index contributed by atoms with van der Waals surface area (Å²) in [5, 5.41) is 2.75. The second-order valence-electron chi connectivity index (χ2n) is 7.64. The first-order valence-corrected chi connectivity index (χ1v) is 11.5. The molecule has 1 N–H and O–H groups in total. The molecule has 34 heavy (non-hydrogen) atoms. The summed E-state index contributed by atoms with van der Waals surface area (Å²) in [4.78, 5) is 35.3. The van der Waals surface area contributed by atoms with Crippen molar-refractivity contribution in [1.82, 2.24) is 5.32 Å². The van der Waals surface area contributed by atoms with Crippen LogP contribution in [0.1, 0.15) is 55.1 Å². The first-order valence-electron chi connectivity index (χ1n) is 11.5. The summed E-state index contributed by atoms with van der Waals surface area (Å²) >= 11 is 0. The van der Waals surface area contributed by atoms with Crippen molar-refractivity contribution in [3.05, 3.63) is 65.2 Å². The maximum absolute atomic E-state index is 12.3. The normalized spacial score (nSPS) is 10.7. The molecule has 7 heteroatoms. The molecule has 0 aliphatic carbocycles. The van der Waals surface area contributed by atoms with Crippen molar-refractivity contribution >= 4 is 23.7 Å². The first-order chi connectivity index (χ1) is 16.4. The van der Waals surface area contributed by atoms with Crippen molar-refractivity contribution in [2.75, 3.05) is 26.4 Å². The number of carbonyl (C=O) groups excluding carboxylic acids is 3. The number of nitrogens with one attached hydrogen (secondary N) is 1. The molecule has 0 atom stereocenters. The number of Topliss-reactive ketones (excluding diaryl/α,β-unsaturated/α-hetero) is 1. The molecule has 0 aromatic heterocycles. The first kappa shape index (κ1) is 26.6. The highest BCUT2D eigenvalue weighted by atomic mass is 16.5. The van der Waals surface area contributed by atoms with E-state index in [-0.39, 0.29) is 18.3 Å². The van der Waals surface area contributed by atoms with E-state index in [4.69, 9.17) is 14.2 Å².